The summed E-state index contributed by atoms with van der Waals surface area (Å²) in [6, 6.07) is 7.03. The molecule has 25 heavy (non-hydrogen) atoms. The van der Waals surface area contributed by atoms with Gasteiger partial charge < -0.3 is 15.4 Å². The first-order valence-corrected chi connectivity index (χ1v) is 8.64. The van der Waals surface area contributed by atoms with Crippen LogP contribution >= 0.6 is 0 Å². The van der Waals surface area contributed by atoms with Crippen LogP contribution in [0, 0.1) is 5.92 Å². The van der Waals surface area contributed by atoms with Crippen molar-refractivity contribution in [1.29, 1.82) is 0 Å². The van der Waals surface area contributed by atoms with Crippen LogP contribution in [0.4, 0.5) is 5.69 Å². The molecule has 3 rings (SSSR count). The molecule has 1 atom stereocenters. The maximum absolute atomic E-state index is 12.2. The van der Waals surface area contributed by atoms with Gasteiger partial charge in [0.25, 0.3) is 11.8 Å². The van der Waals surface area contributed by atoms with Crippen molar-refractivity contribution in [2.24, 2.45) is 5.92 Å². The highest BCUT2D eigenvalue weighted by atomic mass is 16.5. The second-order valence-corrected chi connectivity index (χ2v) is 6.47. The number of amides is 2. The number of para-hydroxylation sites is 1. The number of carbonyl (C=O) groups is 3. The zero-order chi connectivity index (χ0) is 17.6. The second kappa shape index (κ2) is 7.96. The number of rotatable bonds is 7. The molecule has 1 saturated carbocycles. The van der Waals surface area contributed by atoms with Gasteiger partial charge in [-0.05, 0) is 43.7 Å². The van der Waals surface area contributed by atoms with E-state index < -0.39 is 5.91 Å². The predicted molar refractivity (Wildman–Crippen MR) is 93.0 cm³/mol. The fourth-order valence-electron chi connectivity index (χ4n) is 2.75. The van der Waals surface area contributed by atoms with E-state index >= 15 is 0 Å². The minimum absolute atomic E-state index is 0.205. The molecule has 6 nitrogen and oxygen atoms in total. The average Bonchev–Trinajstić information content (AvgIpc) is 3.26. The summed E-state index contributed by atoms with van der Waals surface area (Å²) >= 11 is 0. The van der Waals surface area contributed by atoms with Crippen molar-refractivity contribution in [3.8, 4) is 0 Å². The number of ether oxygens (including phenoxy) is 1. The minimum atomic E-state index is -0.456. The molecule has 0 aliphatic heterocycles. The van der Waals surface area contributed by atoms with E-state index in [1.807, 2.05) is 12.2 Å². The van der Waals surface area contributed by atoms with Crippen molar-refractivity contribution in [2.75, 3.05) is 11.9 Å². The number of nitrogens with one attached hydrogen (secondary N) is 2. The van der Waals surface area contributed by atoms with E-state index in [1.165, 1.54) is 0 Å². The van der Waals surface area contributed by atoms with Crippen molar-refractivity contribution < 1.29 is 19.1 Å². The first-order chi connectivity index (χ1) is 12.1. The van der Waals surface area contributed by atoms with Crippen molar-refractivity contribution in [2.45, 2.75) is 38.1 Å². The summed E-state index contributed by atoms with van der Waals surface area (Å²) in [5, 5.41) is 5.54. The molecular formula is C19H22N2O4. The Hall–Kier alpha value is -2.63. The molecule has 0 spiro atoms. The van der Waals surface area contributed by atoms with Crippen LogP contribution in [-0.2, 0) is 14.3 Å². The summed E-state index contributed by atoms with van der Waals surface area (Å²) in [5.41, 5.74) is 0.825. The molecule has 1 fully saturated rings. The van der Waals surface area contributed by atoms with E-state index in [-0.39, 0.29) is 30.4 Å². The molecule has 2 aliphatic carbocycles. The average molecular weight is 342 g/mol. The minimum Gasteiger partial charge on any atom is -0.456 e. The van der Waals surface area contributed by atoms with Gasteiger partial charge in [-0.25, -0.2) is 0 Å². The van der Waals surface area contributed by atoms with E-state index in [9.17, 15) is 14.4 Å². The highest BCUT2D eigenvalue weighted by Gasteiger charge is 2.25. The topological polar surface area (TPSA) is 84.5 Å². The fraction of sp³-hybridized carbons (Fsp3) is 0.421. The summed E-state index contributed by atoms with van der Waals surface area (Å²) in [5.74, 6) is -0.834. The summed E-state index contributed by atoms with van der Waals surface area (Å²) in [6.45, 7) is -0.353. The van der Waals surface area contributed by atoms with E-state index in [2.05, 4.69) is 10.6 Å². The van der Waals surface area contributed by atoms with Crippen LogP contribution in [0.25, 0.3) is 0 Å². The van der Waals surface area contributed by atoms with Crippen LogP contribution in [-0.4, -0.2) is 30.4 Å². The SMILES string of the molecule is O=C(COC(=O)C[C@@H]1C=CCC1)Nc1ccccc1C(=O)NC1CC1. The second-order valence-electron chi connectivity index (χ2n) is 6.47. The first-order valence-electron chi connectivity index (χ1n) is 8.64. The number of carbonyl (C=O) groups excluding carboxylic acids is 3. The maximum atomic E-state index is 12.2. The van der Waals surface area contributed by atoms with Gasteiger partial charge in [-0.2, -0.15) is 0 Å². The van der Waals surface area contributed by atoms with Crippen LogP contribution in [0.5, 0.6) is 0 Å². The lowest BCUT2D eigenvalue weighted by Crippen LogP contribution is -2.28. The third-order valence-electron chi connectivity index (χ3n) is 4.26. The van der Waals surface area contributed by atoms with E-state index in [0.29, 0.717) is 17.7 Å². The zero-order valence-corrected chi connectivity index (χ0v) is 14.0. The Labute approximate surface area is 146 Å². The molecule has 0 aromatic heterocycles. The lowest BCUT2D eigenvalue weighted by molar-refractivity contribution is -0.147. The van der Waals surface area contributed by atoms with Crippen molar-refractivity contribution in [3.63, 3.8) is 0 Å². The number of allylic oxidation sites excluding steroid dienone is 2. The first kappa shape index (κ1) is 17.2. The normalized spacial score (nSPS) is 18.6. The molecule has 0 unspecified atom stereocenters. The molecule has 2 N–H and O–H groups in total. The van der Waals surface area contributed by atoms with E-state index in [1.54, 1.807) is 24.3 Å². The van der Waals surface area contributed by atoms with Gasteiger partial charge in [0, 0.05) is 6.04 Å². The molecule has 0 bridgehead atoms. The third kappa shape index (κ3) is 5.17. The molecule has 1 aromatic carbocycles. The Kier molecular flexibility index (Phi) is 5.48. The van der Waals surface area contributed by atoms with Crippen LogP contribution in [0.15, 0.2) is 36.4 Å². The molecule has 0 heterocycles. The van der Waals surface area contributed by atoms with Crippen molar-refractivity contribution in [3.05, 3.63) is 42.0 Å². The largest absolute Gasteiger partial charge is 0.456 e. The van der Waals surface area contributed by atoms with Crippen LogP contribution < -0.4 is 10.6 Å². The summed E-state index contributed by atoms with van der Waals surface area (Å²) in [7, 11) is 0. The van der Waals surface area contributed by atoms with E-state index in [4.69, 9.17) is 4.74 Å². The molecule has 0 saturated heterocycles. The predicted octanol–water partition coefficient (Wildman–Crippen LogP) is 2.42. The standard InChI is InChI=1S/C19H22N2O4/c22-17(12-25-18(23)11-13-5-1-2-6-13)21-16-8-4-3-7-15(16)19(24)20-14-9-10-14/h1,3-5,7-8,13-14H,2,6,9-12H2,(H,20,24)(H,21,22)/t13-/m1/s1. The Bertz CT molecular complexity index is 694. The quantitative estimate of drug-likeness (QED) is 0.589. The Morgan fingerprint density at radius 3 is 2.64 bits per heavy atom. The highest BCUT2D eigenvalue weighted by molar-refractivity contribution is 6.04. The maximum Gasteiger partial charge on any atom is 0.306 e. The number of esters is 1. The van der Waals surface area contributed by atoms with Gasteiger partial charge in [-0.15, -0.1) is 0 Å². The van der Waals surface area contributed by atoms with Crippen molar-refractivity contribution >= 4 is 23.5 Å². The number of hydrogen-bond acceptors (Lipinski definition) is 4. The number of hydrogen-bond donors (Lipinski definition) is 2. The Morgan fingerprint density at radius 2 is 1.92 bits per heavy atom. The molecule has 132 valence electrons. The van der Waals surface area contributed by atoms with Gasteiger partial charge in [0.2, 0.25) is 0 Å². The van der Waals surface area contributed by atoms with E-state index in [0.717, 1.165) is 25.7 Å². The fourth-order valence-corrected chi connectivity index (χ4v) is 2.75. The van der Waals surface area contributed by atoms with Crippen LogP contribution in [0.2, 0.25) is 0 Å². The Morgan fingerprint density at radius 1 is 1.12 bits per heavy atom. The summed E-state index contributed by atoms with van der Waals surface area (Å²) in [4.78, 5) is 36.0. The molecule has 6 heteroatoms. The van der Waals surface area contributed by atoms with Crippen LogP contribution in [0.3, 0.4) is 0 Å². The molecule has 2 amide bonds. The summed E-state index contributed by atoms with van der Waals surface area (Å²) < 4.78 is 5.03. The lowest BCUT2D eigenvalue weighted by atomic mass is 10.1. The monoisotopic (exact) mass is 342 g/mol. The smallest absolute Gasteiger partial charge is 0.306 e. The number of anilines is 1. The molecule has 2 aliphatic rings. The number of benzene rings is 1. The lowest BCUT2D eigenvalue weighted by Gasteiger charge is -2.12. The van der Waals surface area contributed by atoms with Gasteiger partial charge in [-0.3, -0.25) is 14.4 Å². The van der Waals surface area contributed by atoms with Gasteiger partial charge in [0.15, 0.2) is 6.61 Å². The molecular weight excluding hydrogens is 320 g/mol. The molecule has 0 radical (unpaired) electrons. The van der Waals surface area contributed by atoms with Gasteiger partial charge in [0.1, 0.15) is 0 Å². The van der Waals surface area contributed by atoms with Crippen molar-refractivity contribution in [1.82, 2.24) is 5.32 Å². The van der Waals surface area contributed by atoms with Gasteiger partial charge in [-0.1, -0.05) is 24.3 Å². The summed E-state index contributed by atoms with van der Waals surface area (Å²) in [6.07, 6.45) is 8.27. The Balaban J connectivity index is 1.49. The van der Waals surface area contributed by atoms with Gasteiger partial charge >= 0.3 is 5.97 Å². The zero-order valence-electron chi connectivity index (χ0n) is 14.0. The molecule has 1 aromatic rings. The highest BCUT2D eigenvalue weighted by Crippen LogP contribution is 2.22. The van der Waals surface area contributed by atoms with Gasteiger partial charge in [0.05, 0.1) is 17.7 Å². The van der Waals surface area contributed by atoms with Crippen LogP contribution in [0.1, 0.15) is 42.5 Å². The third-order valence-corrected chi connectivity index (χ3v) is 4.26.